The maximum absolute atomic E-state index is 13.7. The Morgan fingerprint density at radius 1 is 1.25 bits per heavy atom. The molecule has 9 heteroatoms. The van der Waals surface area contributed by atoms with Crippen molar-refractivity contribution in [2.75, 3.05) is 49.7 Å². The van der Waals surface area contributed by atoms with E-state index in [1.54, 1.807) is 24.4 Å². The Kier molecular flexibility index (Phi) is 6.77. The van der Waals surface area contributed by atoms with Crippen LogP contribution >= 0.6 is 0 Å². The highest BCUT2D eigenvalue weighted by Gasteiger charge is 2.17. The van der Waals surface area contributed by atoms with Gasteiger partial charge in [-0.15, -0.1) is 0 Å². The molecule has 168 valence electrons. The van der Waals surface area contributed by atoms with Crippen molar-refractivity contribution in [2.45, 2.75) is 13.5 Å². The van der Waals surface area contributed by atoms with Crippen molar-refractivity contribution < 1.29 is 19.0 Å². The molecule has 0 bridgehead atoms. The third kappa shape index (κ3) is 4.95. The molecule has 3 aromatic rings. The van der Waals surface area contributed by atoms with Crippen molar-refractivity contribution in [1.82, 2.24) is 15.3 Å². The first-order chi connectivity index (χ1) is 15.5. The van der Waals surface area contributed by atoms with E-state index in [1.807, 2.05) is 6.92 Å². The van der Waals surface area contributed by atoms with Crippen molar-refractivity contribution in [3.05, 3.63) is 59.0 Å². The number of benzene rings is 2. The molecule has 1 aliphatic rings. The number of aliphatic hydroxyl groups is 1. The summed E-state index contributed by atoms with van der Waals surface area (Å²) in [6.45, 7) is 5.02. The molecule has 0 radical (unpaired) electrons. The Morgan fingerprint density at radius 2 is 2.06 bits per heavy atom. The lowest BCUT2D eigenvalue weighted by molar-refractivity contribution is 0.0945. The fraction of sp³-hybridized carbons (Fsp3) is 0.348. The van der Waals surface area contributed by atoms with Crippen molar-refractivity contribution in [3.8, 4) is 0 Å². The van der Waals surface area contributed by atoms with Gasteiger partial charge in [0.15, 0.2) is 0 Å². The van der Waals surface area contributed by atoms with Gasteiger partial charge in [-0.05, 0) is 42.3 Å². The highest BCUT2D eigenvalue weighted by Crippen LogP contribution is 2.26. The maximum Gasteiger partial charge on any atom is 0.251 e. The number of fused-ring (bicyclic) bond motifs is 1. The molecule has 1 saturated heterocycles. The first-order valence-electron chi connectivity index (χ1n) is 10.6. The maximum atomic E-state index is 13.7. The monoisotopic (exact) mass is 439 g/mol. The van der Waals surface area contributed by atoms with E-state index in [0.29, 0.717) is 42.0 Å². The van der Waals surface area contributed by atoms with Crippen molar-refractivity contribution in [2.24, 2.45) is 0 Å². The topological polar surface area (TPSA) is 99.6 Å². The molecular weight excluding hydrogens is 413 g/mol. The lowest BCUT2D eigenvalue weighted by Gasteiger charge is -2.27. The average molecular weight is 439 g/mol. The van der Waals surface area contributed by atoms with Crippen molar-refractivity contribution >= 4 is 28.4 Å². The third-order valence-electron chi connectivity index (χ3n) is 5.41. The number of aryl methyl sites for hydroxylation is 1. The average Bonchev–Trinajstić information content (AvgIpc) is 2.83. The van der Waals surface area contributed by atoms with Crippen LogP contribution in [0.3, 0.4) is 0 Å². The number of anilines is 2. The zero-order valence-corrected chi connectivity index (χ0v) is 17.9. The van der Waals surface area contributed by atoms with Gasteiger partial charge in [-0.2, -0.15) is 0 Å². The number of aliphatic hydroxyl groups excluding tert-OH is 1. The number of ether oxygens (including phenoxy) is 1. The number of carbonyl (C=O) groups excluding carboxylic acids is 1. The molecule has 4 rings (SSSR count). The number of nitrogens with one attached hydrogen (secondary N) is 2. The molecule has 1 fully saturated rings. The molecule has 32 heavy (non-hydrogen) atoms. The van der Waals surface area contributed by atoms with E-state index in [2.05, 4.69) is 20.5 Å². The number of rotatable bonds is 7. The van der Waals surface area contributed by atoms with Crippen LogP contribution in [-0.2, 0) is 11.3 Å². The third-order valence-corrected chi connectivity index (χ3v) is 5.41. The molecule has 3 N–H and O–H groups in total. The summed E-state index contributed by atoms with van der Waals surface area (Å²) in [5.41, 5.74) is 3.99. The summed E-state index contributed by atoms with van der Waals surface area (Å²) < 4.78 is 19.2. The summed E-state index contributed by atoms with van der Waals surface area (Å²) in [7, 11) is 0. The summed E-state index contributed by atoms with van der Waals surface area (Å²) in [6, 6.07) is 8.05. The number of amides is 1. The lowest BCUT2D eigenvalue weighted by Crippen LogP contribution is -2.36. The standard InChI is InChI=1S/C23H26FN5O3/c1-15-2-3-18(24)10-17(15)13-26-19-11-16(23(31)25-4-7-30)12-20-22(19)28-21(14-27-20)29-5-8-32-9-6-29/h2-3,10-12,14,26,30H,4-9,13H2,1H3,(H,25,31). The number of nitrogens with zero attached hydrogens (tertiary/aromatic N) is 3. The van der Waals surface area contributed by atoms with Gasteiger partial charge in [0.05, 0.1) is 37.2 Å². The number of hydrogen-bond donors (Lipinski definition) is 3. The Balaban J connectivity index is 1.70. The van der Waals surface area contributed by atoms with Crippen LogP contribution in [0.4, 0.5) is 15.9 Å². The van der Waals surface area contributed by atoms with Crippen LogP contribution in [0.5, 0.6) is 0 Å². The Hall–Kier alpha value is -3.30. The highest BCUT2D eigenvalue weighted by molar-refractivity contribution is 6.01. The van der Waals surface area contributed by atoms with Gasteiger partial charge in [0.25, 0.3) is 5.91 Å². The second-order valence-corrected chi connectivity index (χ2v) is 7.62. The number of halogens is 1. The van der Waals surface area contributed by atoms with Gasteiger partial charge in [-0.1, -0.05) is 6.07 Å². The van der Waals surface area contributed by atoms with Crippen LogP contribution in [0.1, 0.15) is 21.5 Å². The minimum Gasteiger partial charge on any atom is -0.395 e. The van der Waals surface area contributed by atoms with Gasteiger partial charge in [0.1, 0.15) is 17.2 Å². The Bertz CT molecular complexity index is 1120. The van der Waals surface area contributed by atoms with E-state index in [1.165, 1.54) is 12.1 Å². The van der Waals surface area contributed by atoms with E-state index in [0.717, 1.165) is 30.0 Å². The van der Waals surface area contributed by atoms with Gasteiger partial charge in [-0.3, -0.25) is 9.78 Å². The van der Waals surface area contributed by atoms with Crippen LogP contribution in [0, 0.1) is 12.7 Å². The quantitative estimate of drug-likeness (QED) is 0.519. The van der Waals surface area contributed by atoms with E-state index in [4.69, 9.17) is 14.8 Å². The van der Waals surface area contributed by atoms with Gasteiger partial charge in [0.2, 0.25) is 0 Å². The molecule has 0 spiro atoms. The zero-order chi connectivity index (χ0) is 22.5. The Labute approximate surface area is 185 Å². The lowest BCUT2D eigenvalue weighted by atomic mass is 10.1. The van der Waals surface area contributed by atoms with E-state index in [-0.39, 0.29) is 24.9 Å². The number of aromatic nitrogens is 2. The second kappa shape index (κ2) is 9.88. The largest absolute Gasteiger partial charge is 0.395 e. The number of carbonyl (C=O) groups is 1. The summed E-state index contributed by atoms with van der Waals surface area (Å²) >= 11 is 0. The summed E-state index contributed by atoms with van der Waals surface area (Å²) in [5.74, 6) is 0.122. The summed E-state index contributed by atoms with van der Waals surface area (Å²) in [6.07, 6.45) is 1.70. The summed E-state index contributed by atoms with van der Waals surface area (Å²) in [4.78, 5) is 24.0. The first kappa shape index (κ1) is 21.9. The molecule has 8 nitrogen and oxygen atoms in total. The van der Waals surface area contributed by atoms with Crippen LogP contribution < -0.4 is 15.5 Å². The van der Waals surface area contributed by atoms with Gasteiger partial charge < -0.3 is 25.4 Å². The number of morpholine rings is 1. The fourth-order valence-electron chi connectivity index (χ4n) is 3.61. The van der Waals surface area contributed by atoms with E-state index in [9.17, 15) is 9.18 Å². The molecule has 0 aliphatic carbocycles. The molecule has 1 amide bonds. The normalized spacial score (nSPS) is 13.9. The molecule has 0 saturated carbocycles. The van der Waals surface area contributed by atoms with Gasteiger partial charge in [0, 0.05) is 31.7 Å². The van der Waals surface area contributed by atoms with Crippen molar-refractivity contribution in [3.63, 3.8) is 0 Å². The molecule has 2 aromatic carbocycles. The van der Waals surface area contributed by atoms with Gasteiger partial charge in [-0.25, -0.2) is 9.37 Å². The van der Waals surface area contributed by atoms with Crippen LogP contribution in [-0.4, -0.2) is 60.4 Å². The molecule has 1 aromatic heterocycles. The molecule has 0 atom stereocenters. The molecular formula is C23H26FN5O3. The van der Waals surface area contributed by atoms with Crippen molar-refractivity contribution in [1.29, 1.82) is 0 Å². The van der Waals surface area contributed by atoms with E-state index < -0.39 is 0 Å². The molecule has 2 heterocycles. The zero-order valence-electron chi connectivity index (χ0n) is 17.9. The summed E-state index contributed by atoms with van der Waals surface area (Å²) in [5, 5.41) is 15.0. The number of hydrogen-bond acceptors (Lipinski definition) is 7. The predicted molar refractivity (Wildman–Crippen MR) is 120 cm³/mol. The van der Waals surface area contributed by atoms with E-state index >= 15 is 0 Å². The second-order valence-electron chi connectivity index (χ2n) is 7.62. The minimum atomic E-state index is -0.315. The fourth-order valence-corrected chi connectivity index (χ4v) is 3.61. The highest BCUT2D eigenvalue weighted by atomic mass is 19.1. The smallest absolute Gasteiger partial charge is 0.251 e. The SMILES string of the molecule is Cc1ccc(F)cc1CNc1cc(C(=O)NCCO)cc2ncc(N3CCOCC3)nc12. The Morgan fingerprint density at radius 3 is 2.84 bits per heavy atom. The van der Waals surface area contributed by atoms with Crippen LogP contribution in [0.25, 0.3) is 11.0 Å². The molecule has 1 aliphatic heterocycles. The minimum absolute atomic E-state index is 0.147. The van der Waals surface area contributed by atoms with Crippen LogP contribution in [0.15, 0.2) is 36.5 Å². The predicted octanol–water partition coefficient (Wildman–Crippen LogP) is 2.25. The first-order valence-corrected chi connectivity index (χ1v) is 10.6. The van der Waals surface area contributed by atoms with Crippen LogP contribution in [0.2, 0.25) is 0 Å². The van der Waals surface area contributed by atoms with Gasteiger partial charge >= 0.3 is 0 Å². The molecule has 0 unspecified atom stereocenters.